The Balaban J connectivity index is 1.99. The van der Waals surface area contributed by atoms with Gasteiger partial charge in [-0.2, -0.15) is 0 Å². The number of thioether (sulfide) groups is 1. The highest BCUT2D eigenvalue weighted by Gasteiger charge is 2.22. The van der Waals surface area contributed by atoms with Crippen molar-refractivity contribution < 1.29 is 5.11 Å². The molecule has 4 rings (SSSR count). The Bertz CT molecular complexity index is 794. The summed E-state index contributed by atoms with van der Waals surface area (Å²) in [6, 6.07) is 20.7. The second-order valence-corrected chi connectivity index (χ2v) is 6.10. The molecule has 3 aromatic carbocycles. The van der Waals surface area contributed by atoms with E-state index in [0.717, 1.165) is 16.9 Å². The van der Waals surface area contributed by atoms with Gasteiger partial charge in [-0.15, -0.1) is 11.8 Å². The number of aliphatic hydroxyl groups excluding tert-OH is 1. The molecule has 0 bridgehead atoms. The molecule has 0 fully saturated rings. The lowest BCUT2D eigenvalue weighted by atomic mass is 9.93. The molecule has 0 spiro atoms. The normalized spacial score (nSPS) is 17.4. The molecule has 0 aliphatic carbocycles. The predicted molar refractivity (Wildman–Crippen MR) is 84.0 cm³/mol. The molecule has 1 N–H and O–H groups in total. The number of fused-ring (bicyclic) bond motifs is 4. The molecular weight excluding hydrogens is 264 g/mol. The van der Waals surface area contributed by atoms with Crippen LogP contribution < -0.4 is 0 Å². The van der Waals surface area contributed by atoms with Crippen LogP contribution in [0.2, 0.25) is 0 Å². The van der Waals surface area contributed by atoms with Crippen LogP contribution in [0.15, 0.2) is 65.6 Å². The van der Waals surface area contributed by atoms with Gasteiger partial charge in [0.1, 0.15) is 6.10 Å². The first-order chi connectivity index (χ1) is 9.84. The zero-order chi connectivity index (χ0) is 13.5. The summed E-state index contributed by atoms with van der Waals surface area (Å²) in [5, 5.41) is 13.2. The molecule has 1 aliphatic heterocycles. The summed E-state index contributed by atoms with van der Waals surface area (Å²) in [7, 11) is 0. The van der Waals surface area contributed by atoms with E-state index in [1.165, 1.54) is 21.2 Å². The summed E-state index contributed by atoms with van der Waals surface area (Å²) in [6.45, 7) is 0. The smallest absolute Gasteiger partial charge is 0.105 e. The molecule has 2 heteroatoms. The molecule has 0 saturated carbocycles. The van der Waals surface area contributed by atoms with Crippen molar-refractivity contribution in [3.05, 3.63) is 77.4 Å². The maximum absolute atomic E-state index is 10.7. The zero-order valence-corrected chi connectivity index (χ0v) is 11.7. The molecule has 20 heavy (non-hydrogen) atoms. The molecular formula is C18H14OS. The first kappa shape index (κ1) is 12.0. The Morgan fingerprint density at radius 2 is 1.65 bits per heavy atom. The van der Waals surface area contributed by atoms with Crippen LogP contribution in [0.5, 0.6) is 0 Å². The van der Waals surface area contributed by atoms with Crippen molar-refractivity contribution in [3.8, 4) is 0 Å². The fourth-order valence-corrected chi connectivity index (χ4v) is 4.07. The van der Waals surface area contributed by atoms with Gasteiger partial charge >= 0.3 is 0 Å². The minimum absolute atomic E-state index is 0.527. The van der Waals surface area contributed by atoms with Gasteiger partial charge in [0.15, 0.2) is 0 Å². The van der Waals surface area contributed by atoms with E-state index < -0.39 is 6.10 Å². The van der Waals surface area contributed by atoms with Crippen molar-refractivity contribution in [1.29, 1.82) is 0 Å². The summed E-state index contributed by atoms with van der Waals surface area (Å²) < 4.78 is 0. The van der Waals surface area contributed by atoms with E-state index in [-0.39, 0.29) is 0 Å². The van der Waals surface area contributed by atoms with Gasteiger partial charge in [-0.05, 0) is 33.5 Å². The van der Waals surface area contributed by atoms with Gasteiger partial charge in [0, 0.05) is 10.6 Å². The summed E-state index contributed by atoms with van der Waals surface area (Å²) >= 11 is 1.81. The minimum Gasteiger partial charge on any atom is -0.384 e. The van der Waals surface area contributed by atoms with Crippen LogP contribution >= 0.6 is 11.8 Å². The lowest BCUT2D eigenvalue weighted by Gasteiger charge is -2.15. The Kier molecular flexibility index (Phi) is 2.79. The molecule has 1 nitrogen and oxygen atoms in total. The fourth-order valence-electron chi connectivity index (χ4n) is 2.93. The van der Waals surface area contributed by atoms with Crippen molar-refractivity contribution in [3.63, 3.8) is 0 Å². The molecule has 1 heterocycles. The van der Waals surface area contributed by atoms with Crippen LogP contribution in [0.25, 0.3) is 10.8 Å². The highest BCUT2D eigenvalue weighted by Crippen LogP contribution is 2.41. The molecule has 0 saturated heterocycles. The summed E-state index contributed by atoms with van der Waals surface area (Å²) in [5.74, 6) is 0.908. The number of hydrogen-bond donors (Lipinski definition) is 1. The van der Waals surface area contributed by atoms with Crippen LogP contribution in [0, 0.1) is 0 Å². The lowest BCUT2D eigenvalue weighted by Crippen LogP contribution is -2.02. The maximum Gasteiger partial charge on any atom is 0.105 e. The quantitative estimate of drug-likeness (QED) is 0.652. The Morgan fingerprint density at radius 3 is 2.60 bits per heavy atom. The minimum atomic E-state index is -0.527. The van der Waals surface area contributed by atoms with E-state index in [0.29, 0.717) is 0 Å². The zero-order valence-electron chi connectivity index (χ0n) is 10.9. The standard InChI is InChI=1S/C18H14OS/c19-18-14-10-9-12-5-1-2-6-13(12)16(14)11-20-17-8-4-3-7-15(17)18/h1-10,18-19H,11H2. The Hall–Kier alpha value is -1.77. The van der Waals surface area contributed by atoms with E-state index in [4.69, 9.17) is 0 Å². The van der Waals surface area contributed by atoms with Gasteiger partial charge in [0.25, 0.3) is 0 Å². The topological polar surface area (TPSA) is 20.2 Å². The molecule has 1 aliphatic rings. The van der Waals surface area contributed by atoms with E-state index in [2.05, 4.69) is 42.5 Å². The van der Waals surface area contributed by atoms with Crippen molar-refractivity contribution >= 4 is 22.5 Å². The van der Waals surface area contributed by atoms with Crippen molar-refractivity contribution in [2.45, 2.75) is 16.8 Å². The van der Waals surface area contributed by atoms with Crippen LogP contribution in [-0.4, -0.2) is 5.11 Å². The van der Waals surface area contributed by atoms with Gasteiger partial charge in [-0.3, -0.25) is 0 Å². The van der Waals surface area contributed by atoms with Gasteiger partial charge in [-0.25, -0.2) is 0 Å². The first-order valence-electron chi connectivity index (χ1n) is 6.75. The van der Waals surface area contributed by atoms with Crippen LogP contribution in [0.3, 0.4) is 0 Å². The third-order valence-corrected chi connectivity index (χ3v) is 5.07. The Morgan fingerprint density at radius 1 is 0.850 bits per heavy atom. The number of aliphatic hydroxyl groups is 1. The molecule has 0 radical (unpaired) electrons. The Labute approximate surface area is 122 Å². The third-order valence-electron chi connectivity index (χ3n) is 3.96. The van der Waals surface area contributed by atoms with E-state index in [9.17, 15) is 5.11 Å². The van der Waals surface area contributed by atoms with Gasteiger partial charge in [-0.1, -0.05) is 54.6 Å². The molecule has 1 unspecified atom stereocenters. The van der Waals surface area contributed by atoms with Gasteiger partial charge in [0.2, 0.25) is 0 Å². The molecule has 0 amide bonds. The van der Waals surface area contributed by atoms with Crippen LogP contribution in [-0.2, 0) is 5.75 Å². The van der Waals surface area contributed by atoms with Crippen LogP contribution in [0.4, 0.5) is 0 Å². The summed E-state index contributed by atoms with van der Waals surface area (Å²) in [6.07, 6.45) is -0.527. The van der Waals surface area contributed by atoms with Gasteiger partial charge in [0.05, 0.1) is 0 Å². The van der Waals surface area contributed by atoms with E-state index >= 15 is 0 Å². The second kappa shape index (κ2) is 4.65. The first-order valence-corrected chi connectivity index (χ1v) is 7.73. The summed E-state index contributed by atoms with van der Waals surface area (Å²) in [4.78, 5) is 1.18. The molecule has 1 atom stereocenters. The largest absolute Gasteiger partial charge is 0.384 e. The maximum atomic E-state index is 10.7. The molecule has 0 aromatic heterocycles. The lowest BCUT2D eigenvalue weighted by molar-refractivity contribution is 0.217. The average Bonchev–Trinajstić information content (AvgIpc) is 2.65. The molecule has 3 aromatic rings. The fraction of sp³-hybridized carbons (Fsp3) is 0.111. The summed E-state index contributed by atoms with van der Waals surface area (Å²) in [5.41, 5.74) is 3.32. The van der Waals surface area contributed by atoms with Crippen molar-refractivity contribution in [1.82, 2.24) is 0 Å². The highest BCUT2D eigenvalue weighted by molar-refractivity contribution is 7.98. The third kappa shape index (κ3) is 1.76. The van der Waals surface area contributed by atoms with E-state index in [1.807, 2.05) is 30.0 Å². The second-order valence-electron chi connectivity index (χ2n) is 5.08. The van der Waals surface area contributed by atoms with E-state index in [1.54, 1.807) is 0 Å². The SMILES string of the molecule is OC1c2ccccc2SCc2c1ccc1ccccc21. The van der Waals surface area contributed by atoms with Crippen molar-refractivity contribution in [2.75, 3.05) is 0 Å². The molecule has 98 valence electrons. The monoisotopic (exact) mass is 278 g/mol. The highest BCUT2D eigenvalue weighted by atomic mass is 32.2. The van der Waals surface area contributed by atoms with Crippen molar-refractivity contribution in [2.24, 2.45) is 0 Å². The predicted octanol–water partition coefficient (Wildman–Crippen LogP) is 4.53. The number of benzene rings is 3. The van der Waals surface area contributed by atoms with Crippen LogP contribution in [0.1, 0.15) is 22.8 Å². The average molecular weight is 278 g/mol. The van der Waals surface area contributed by atoms with Gasteiger partial charge < -0.3 is 5.11 Å². The number of rotatable bonds is 0. The number of hydrogen-bond acceptors (Lipinski definition) is 2.